The van der Waals surface area contributed by atoms with Crippen LogP contribution in [0.2, 0.25) is 0 Å². The molecule has 3 aromatic rings. The number of aromatic nitrogens is 3. The minimum absolute atomic E-state index is 0.0126. The van der Waals surface area contributed by atoms with Crippen molar-refractivity contribution in [3.8, 4) is 0 Å². The summed E-state index contributed by atoms with van der Waals surface area (Å²) in [5, 5.41) is 12.0. The molecule has 0 aliphatic rings. The summed E-state index contributed by atoms with van der Waals surface area (Å²) in [7, 11) is 0. The molecule has 1 N–H and O–H groups in total. The number of carbonyl (C=O) groups excluding carboxylic acids is 1. The topological polar surface area (TPSA) is 59.3 Å². The molecular formula is C20H24N4OS. The quantitative estimate of drug-likeness (QED) is 0.643. The number of hydrogen-bond acceptors (Lipinski definition) is 4. The average molecular weight is 369 g/mol. The maximum Gasteiger partial charge on any atom is 0.230 e. The lowest BCUT2D eigenvalue weighted by Gasteiger charge is -2.15. The van der Waals surface area contributed by atoms with E-state index in [2.05, 4.69) is 53.6 Å². The van der Waals surface area contributed by atoms with Crippen LogP contribution >= 0.6 is 11.8 Å². The van der Waals surface area contributed by atoms with Gasteiger partial charge >= 0.3 is 0 Å². The van der Waals surface area contributed by atoms with Gasteiger partial charge in [0, 0.05) is 6.20 Å². The van der Waals surface area contributed by atoms with E-state index in [1.54, 1.807) is 0 Å². The lowest BCUT2D eigenvalue weighted by Crippen LogP contribution is -2.28. The number of benzene rings is 1. The zero-order valence-electron chi connectivity index (χ0n) is 15.3. The normalized spacial score (nSPS) is 12.5. The number of nitrogens with zero attached hydrogens (tertiary/aromatic N) is 3. The van der Waals surface area contributed by atoms with Gasteiger partial charge in [-0.15, -0.1) is 10.2 Å². The van der Waals surface area contributed by atoms with Crippen LogP contribution in [0.4, 0.5) is 0 Å². The molecule has 0 saturated carbocycles. The summed E-state index contributed by atoms with van der Waals surface area (Å²) >= 11 is 1.39. The highest BCUT2D eigenvalue weighted by molar-refractivity contribution is 7.99. The van der Waals surface area contributed by atoms with Gasteiger partial charge in [-0.05, 0) is 42.5 Å². The van der Waals surface area contributed by atoms with Crippen LogP contribution in [0.25, 0.3) is 5.65 Å². The van der Waals surface area contributed by atoms with Crippen molar-refractivity contribution >= 4 is 23.3 Å². The highest BCUT2D eigenvalue weighted by atomic mass is 32.2. The summed E-state index contributed by atoms with van der Waals surface area (Å²) in [6, 6.07) is 14.2. The zero-order chi connectivity index (χ0) is 18.5. The van der Waals surface area contributed by atoms with Gasteiger partial charge in [-0.25, -0.2) is 0 Å². The van der Waals surface area contributed by atoms with E-state index in [9.17, 15) is 4.79 Å². The van der Waals surface area contributed by atoms with Crippen LogP contribution in [-0.4, -0.2) is 26.3 Å². The van der Waals surface area contributed by atoms with E-state index in [0.29, 0.717) is 11.7 Å². The zero-order valence-corrected chi connectivity index (χ0v) is 16.2. The number of rotatable bonds is 7. The second kappa shape index (κ2) is 8.36. The molecule has 0 aliphatic carbocycles. The summed E-state index contributed by atoms with van der Waals surface area (Å²) in [5.74, 6) is 0.940. The fourth-order valence-electron chi connectivity index (χ4n) is 2.83. The first-order valence-electron chi connectivity index (χ1n) is 8.83. The maximum atomic E-state index is 12.3. The Morgan fingerprint density at radius 3 is 2.62 bits per heavy atom. The molecule has 0 bridgehead atoms. The lowest BCUT2D eigenvalue weighted by molar-refractivity contribution is -0.119. The van der Waals surface area contributed by atoms with E-state index < -0.39 is 0 Å². The first-order chi connectivity index (χ1) is 12.5. The molecule has 0 aliphatic heterocycles. The molecule has 1 amide bonds. The molecule has 0 radical (unpaired) electrons. The summed E-state index contributed by atoms with van der Waals surface area (Å²) < 4.78 is 1.88. The van der Waals surface area contributed by atoms with Crippen molar-refractivity contribution < 1.29 is 4.79 Å². The Kier molecular flexibility index (Phi) is 5.93. The number of amides is 1. The second-order valence-corrected chi connectivity index (χ2v) is 7.77. The minimum Gasteiger partial charge on any atom is -0.349 e. The van der Waals surface area contributed by atoms with Gasteiger partial charge in [0.05, 0.1) is 11.8 Å². The number of pyridine rings is 1. The Balaban J connectivity index is 1.54. The molecule has 2 aromatic heterocycles. The van der Waals surface area contributed by atoms with E-state index in [1.165, 1.54) is 17.3 Å². The van der Waals surface area contributed by atoms with Crippen molar-refractivity contribution in [3.05, 3.63) is 59.8 Å². The third-order valence-corrected chi connectivity index (χ3v) is 5.06. The van der Waals surface area contributed by atoms with Crippen LogP contribution in [-0.2, 0) is 11.2 Å². The summed E-state index contributed by atoms with van der Waals surface area (Å²) in [6.45, 7) is 6.44. The van der Waals surface area contributed by atoms with Gasteiger partial charge in [0.15, 0.2) is 10.8 Å². The molecule has 0 saturated heterocycles. The number of thioether (sulfide) groups is 1. The number of fused-ring (bicyclic) bond motifs is 1. The Hall–Kier alpha value is -2.34. The smallest absolute Gasteiger partial charge is 0.230 e. The molecule has 136 valence electrons. The van der Waals surface area contributed by atoms with Gasteiger partial charge in [-0.1, -0.05) is 55.9 Å². The van der Waals surface area contributed by atoms with Crippen molar-refractivity contribution in [2.75, 3.05) is 5.75 Å². The van der Waals surface area contributed by atoms with Gasteiger partial charge in [0.2, 0.25) is 5.91 Å². The monoisotopic (exact) mass is 368 g/mol. The predicted molar refractivity (Wildman–Crippen MR) is 105 cm³/mol. The van der Waals surface area contributed by atoms with E-state index in [4.69, 9.17) is 0 Å². The lowest BCUT2D eigenvalue weighted by atomic mass is 10.00. The standard InChI is InChI=1S/C20H24N4OS/c1-14(2)12-16-7-9-17(10-8-16)15(3)21-19(25)13-26-20-23-22-18-6-4-5-11-24(18)20/h4-11,14-15H,12-13H2,1-3H3,(H,21,25)/t15-/m0/s1. The molecule has 1 aromatic carbocycles. The van der Waals surface area contributed by atoms with E-state index in [-0.39, 0.29) is 11.9 Å². The van der Waals surface area contributed by atoms with Crippen LogP contribution in [0.3, 0.4) is 0 Å². The van der Waals surface area contributed by atoms with Crippen molar-refractivity contribution in [2.45, 2.75) is 38.4 Å². The Morgan fingerprint density at radius 1 is 1.12 bits per heavy atom. The SMILES string of the molecule is CC(C)Cc1ccc([C@H](C)NC(=O)CSc2nnc3ccccn23)cc1. The third-order valence-electron chi connectivity index (χ3n) is 4.12. The summed E-state index contributed by atoms with van der Waals surface area (Å²) in [6.07, 6.45) is 2.97. The first-order valence-corrected chi connectivity index (χ1v) is 9.82. The molecule has 2 heterocycles. The minimum atomic E-state index is -0.0219. The van der Waals surface area contributed by atoms with Gasteiger partial charge in [0.25, 0.3) is 0 Å². The summed E-state index contributed by atoms with van der Waals surface area (Å²) in [5.41, 5.74) is 3.23. The van der Waals surface area contributed by atoms with Gasteiger partial charge in [-0.3, -0.25) is 9.20 Å². The van der Waals surface area contributed by atoms with Crippen LogP contribution in [0.5, 0.6) is 0 Å². The molecule has 0 spiro atoms. The maximum absolute atomic E-state index is 12.3. The predicted octanol–water partition coefficient (Wildman–Crippen LogP) is 3.90. The van der Waals surface area contributed by atoms with Crippen molar-refractivity contribution in [1.82, 2.24) is 19.9 Å². The third kappa shape index (κ3) is 4.64. The molecule has 1 atom stereocenters. The van der Waals surface area contributed by atoms with E-state index in [0.717, 1.165) is 22.8 Å². The van der Waals surface area contributed by atoms with Crippen molar-refractivity contribution in [2.24, 2.45) is 5.92 Å². The molecule has 0 unspecified atom stereocenters. The van der Waals surface area contributed by atoms with Crippen LogP contribution < -0.4 is 5.32 Å². The molecular weight excluding hydrogens is 344 g/mol. The molecule has 5 nitrogen and oxygen atoms in total. The Bertz CT molecular complexity index is 873. The van der Waals surface area contributed by atoms with Gasteiger partial charge < -0.3 is 5.32 Å². The molecule has 3 rings (SSSR count). The van der Waals surface area contributed by atoms with E-state index in [1.807, 2.05) is 35.7 Å². The largest absolute Gasteiger partial charge is 0.349 e. The highest BCUT2D eigenvalue weighted by Crippen LogP contribution is 2.18. The van der Waals surface area contributed by atoms with Gasteiger partial charge in [-0.2, -0.15) is 0 Å². The fraction of sp³-hybridized carbons (Fsp3) is 0.350. The van der Waals surface area contributed by atoms with Gasteiger partial charge in [0.1, 0.15) is 0 Å². The summed E-state index contributed by atoms with van der Waals surface area (Å²) in [4.78, 5) is 12.3. The number of hydrogen-bond donors (Lipinski definition) is 1. The second-order valence-electron chi connectivity index (χ2n) is 6.83. The Morgan fingerprint density at radius 2 is 1.88 bits per heavy atom. The van der Waals surface area contributed by atoms with Crippen LogP contribution in [0.15, 0.2) is 53.8 Å². The highest BCUT2D eigenvalue weighted by Gasteiger charge is 2.12. The van der Waals surface area contributed by atoms with Crippen molar-refractivity contribution in [3.63, 3.8) is 0 Å². The van der Waals surface area contributed by atoms with Crippen molar-refractivity contribution in [1.29, 1.82) is 0 Å². The first kappa shape index (κ1) is 18.5. The number of nitrogens with one attached hydrogen (secondary N) is 1. The average Bonchev–Trinajstić information content (AvgIpc) is 3.03. The van der Waals surface area contributed by atoms with Crippen LogP contribution in [0.1, 0.15) is 37.9 Å². The molecule has 6 heteroatoms. The fourth-order valence-corrected chi connectivity index (χ4v) is 3.56. The molecule has 26 heavy (non-hydrogen) atoms. The molecule has 0 fully saturated rings. The Labute approximate surface area is 158 Å². The van der Waals surface area contributed by atoms with E-state index >= 15 is 0 Å². The number of carbonyl (C=O) groups is 1. The van der Waals surface area contributed by atoms with Crippen LogP contribution in [0, 0.1) is 5.92 Å².